The average molecular weight is 407 g/mol. The van der Waals surface area contributed by atoms with Crippen molar-refractivity contribution in [3.63, 3.8) is 0 Å². The maximum Gasteiger partial charge on any atom is 0.253 e. The first-order chi connectivity index (χ1) is 11.9. The highest BCUT2D eigenvalue weighted by molar-refractivity contribution is 9.10. The van der Waals surface area contributed by atoms with Gasteiger partial charge in [-0.3, -0.25) is 4.79 Å². The van der Waals surface area contributed by atoms with Gasteiger partial charge in [0.2, 0.25) is 0 Å². The summed E-state index contributed by atoms with van der Waals surface area (Å²) in [5, 5.41) is 13.4. The molecule has 1 aromatic heterocycles. The van der Waals surface area contributed by atoms with E-state index in [4.69, 9.17) is 4.74 Å². The number of amides is 1. The quantitative estimate of drug-likeness (QED) is 0.819. The highest BCUT2D eigenvalue weighted by atomic mass is 79.9. The van der Waals surface area contributed by atoms with Gasteiger partial charge in [-0.25, -0.2) is 0 Å². The normalized spacial score (nSPS) is 16.6. The molecule has 1 amide bonds. The van der Waals surface area contributed by atoms with Crippen LogP contribution in [0.15, 0.2) is 34.8 Å². The molecule has 1 aliphatic heterocycles. The van der Waals surface area contributed by atoms with Gasteiger partial charge in [-0.15, -0.1) is 0 Å². The molecule has 5 nitrogen and oxygen atoms in total. The van der Waals surface area contributed by atoms with Gasteiger partial charge in [0, 0.05) is 54.1 Å². The number of nitrogens with zero attached hydrogens (tertiary/aromatic N) is 1. The summed E-state index contributed by atoms with van der Waals surface area (Å²) in [6.45, 7) is 5.23. The number of aliphatic hydroxyl groups is 1. The Hall–Kier alpha value is -1.63. The Kier molecular flexibility index (Phi) is 5.32. The molecular formula is C19H23BrN2O3. The average Bonchev–Trinajstić information content (AvgIpc) is 2.88. The number of hydrogen-bond donors (Lipinski definition) is 2. The van der Waals surface area contributed by atoms with Crippen molar-refractivity contribution in [1.82, 2.24) is 9.88 Å². The van der Waals surface area contributed by atoms with Crippen LogP contribution in [0.2, 0.25) is 0 Å². The van der Waals surface area contributed by atoms with Gasteiger partial charge in [0.05, 0.1) is 11.2 Å². The zero-order chi connectivity index (χ0) is 18.0. The van der Waals surface area contributed by atoms with Crippen molar-refractivity contribution in [3.8, 4) is 5.69 Å². The van der Waals surface area contributed by atoms with Gasteiger partial charge in [0.1, 0.15) is 0 Å². The first-order valence-corrected chi connectivity index (χ1v) is 9.22. The van der Waals surface area contributed by atoms with Crippen molar-refractivity contribution < 1.29 is 14.6 Å². The SMILES string of the molecule is Cc1cc(C(=O)NCC2(O)CCOCC2)c(C)n1-c1cccc(Br)c1. The molecule has 6 heteroatoms. The van der Waals surface area contributed by atoms with E-state index in [-0.39, 0.29) is 12.5 Å². The minimum absolute atomic E-state index is 0.158. The van der Waals surface area contributed by atoms with Gasteiger partial charge in [-0.2, -0.15) is 0 Å². The van der Waals surface area contributed by atoms with Gasteiger partial charge >= 0.3 is 0 Å². The van der Waals surface area contributed by atoms with Crippen LogP contribution in [0.4, 0.5) is 0 Å². The Morgan fingerprint density at radius 3 is 2.72 bits per heavy atom. The standard InChI is InChI=1S/C19H23BrN2O3/c1-13-10-17(14(2)22(13)16-5-3-4-15(20)11-16)18(23)21-12-19(24)6-8-25-9-7-19/h3-5,10-11,24H,6-9,12H2,1-2H3,(H,21,23). The molecule has 0 aliphatic carbocycles. The van der Waals surface area contributed by atoms with Crippen molar-refractivity contribution in [1.29, 1.82) is 0 Å². The lowest BCUT2D eigenvalue weighted by Crippen LogP contribution is -2.46. The van der Waals surface area contributed by atoms with Crippen LogP contribution in [0.3, 0.4) is 0 Å². The lowest BCUT2D eigenvalue weighted by atomic mass is 9.94. The first kappa shape index (κ1) is 18.2. The number of carbonyl (C=O) groups is 1. The van der Waals surface area contributed by atoms with E-state index in [9.17, 15) is 9.90 Å². The lowest BCUT2D eigenvalue weighted by molar-refractivity contribution is -0.0605. The number of hydrogen-bond acceptors (Lipinski definition) is 3. The summed E-state index contributed by atoms with van der Waals surface area (Å²) in [5.41, 5.74) is 2.64. The van der Waals surface area contributed by atoms with E-state index in [1.807, 2.05) is 44.2 Å². The Morgan fingerprint density at radius 1 is 1.32 bits per heavy atom. The molecule has 0 unspecified atom stereocenters. The fourth-order valence-electron chi connectivity index (χ4n) is 3.27. The number of benzene rings is 1. The smallest absolute Gasteiger partial charge is 0.253 e. The maximum absolute atomic E-state index is 12.6. The summed E-state index contributed by atoms with van der Waals surface area (Å²) in [4.78, 5) is 12.6. The Balaban J connectivity index is 1.79. The first-order valence-electron chi connectivity index (χ1n) is 8.43. The third-order valence-electron chi connectivity index (χ3n) is 4.74. The van der Waals surface area contributed by atoms with Gasteiger partial charge in [0.15, 0.2) is 0 Å². The Labute approximate surface area is 156 Å². The van der Waals surface area contributed by atoms with Crippen molar-refractivity contribution in [2.75, 3.05) is 19.8 Å². The minimum Gasteiger partial charge on any atom is -0.388 e. The van der Waals surface area contributed by atoms with Crippen LogP contribution in [0.25, 0.3) is 5.69 Å². The third-order valence-corrected chi connectivity index (χ3v) is 5.24. The van der Waals surface area contributed by atoms with E-state index in [1.54, 1.807) is 0 Å². The highest BCUT2D eigenvalue weighted by Crippen LogP contribution is 2.24. The second-order valence-corrected chi connectivity index (χ2v) is 7.54. The molecule has 2 aromatic rings. The van der Waals surface area contributed by atoms with Crippen LogP contribution < -0.4 is 5.32 Å². The molecule has 1 aromatic carbocycles. The van der Waals surface area contributed by atoms with Gasteiger partial charge in [0.25, 0.3) is 5.91 Å². The number of aromatic nitrogens is 1. The van der Waals surface area contributed by atoms with Gasteiger partial charge in [-0.05, 0) is 38.1 Å². The summed E-state index contributed by atoms with van der Waals surface area (Å²) < 4.78 is 8.32. The Bertz CT molecular complexity index is 779. The number of aryl methyl sites for hydroxylation is 1. The van der Waals surface area contributed by atoms with E-state index in [0.29, 0.717) is 31.6 Å². The second-order valence-electron chi connectivity index (χ2n) is 6.62. The minimum atomic E-state index is -0.871. The summed E-state index contributed by atoms with van der Waals surface area (Å²) in [7, 11) is 0. The fourth-order valence-corrected chi connectivity index (χ4v) is 3.66. The number of rotatable bonds is 4. The van der Waals surface area contributed by atoms with E-state index >= 15 is 0 Å². The zero-order valence-electron chi connectivity index (χ0n) is 14.5. The monoisotopic (exact) mass is 406 g/mol. The molecule has 0 spiro atoms. The summed E-state index contributed by atoms with van der Waals surface area (Å²) in [6.07, 6.45) is 1.09. The van der Waals surface area contributed by atoms with Gasteiger partial charge in [-0.1, -0.05) is 22.0 Å². The summed E-state index contributed by atoms with van der Waals surface area (Å²) in [6, 6.07) is 9.86. The molecule has 0 atom stereocenters. The molecule has 134 valence electrons. The second kappa shape index (κ2) is 7.32. The molecule has 2 N–H and O–H groups in total. The molecule has 2 heterocycles. The van der Waals surface area contributed by atoms with Crippen molar-refractivity contribution in [2.24, 2.45) is 0 Å². The number of carbonyl (C=O) groups excluding carboxylic acids is 1. The molecule has 0 saturated carbocycles. The van der Waals surface area contributed by atoms with Crippen LogP contribution in [0.1, 0.15) is 34.6 Å². The molecule has 0 bridgehead atoms. The summed E-state index contributed by atoms with van der Waals surface area (Å²) >= 11 is 3.49. The molecule has 3 rings (SSSR count). The molecule has 25 heavy (non-hydrogen) atoms. The topological polar surface area (TPSA) is 63.5 Å². The molecule has 1 saturated heterocycles. The third kappa shape index (κ3) is 3.97. The van der Waals surface area contributed by atoms with E-state index in [2.05, 4.69) is 25.8 Å². The predicted octanol–water partition coefficient (Wildman–Crippen LogP) is 3.13. The fraction of sp³-hybridized carbons (Fsp3) is 0.421. The predicted molar refractivity (Wildman–Crippen MR) is 100 cm³/mol. The summed E-state index contributed by atoms with van der Waals surface area (Å²) in [5.74, 6) is -0.158. The number of ether oxygens (including phenoxy) is 1. The van der Waals surface area contributed by atoms with Crippen molar-refractivity contribution >= 4 is 21.8 Å². The van der Waals surface area contributed by atoms with Gasteiger partial charge < -0.3 is 19.7 Å². The van der Waals surface area contributed by atoms with Crippen LogP contribution >= 0.6 is 15.9 Å². The van der Waals surface area contributed by atoms with Crippen LogP contribution in [0, 0.1) is 13.8 Å². The van der Waals surface area contributed by atoms with Crippen LogP contribution in [-0.4, -0.2) is 40.9 Å². The lowest BCUT2D eigenvalue weighted by Gasteiger charge is -2.32. The van der Waals surface area contributed by atoms with Crippen molar-refractivity contribution in [2.45, 2.75) is 32.3 Å². The molecule has 0 radical (unpaired) electrons. The van der Waals surface area contributed by atoms with E-state index in [0.717, 1.165) is 21.5 Å². The Morgan fingerprint density at radius 2 is 2.04 bits per heavy atom. The van der Waals surface area contributed by atoms with Crippen LogP contribution in [0.5, 0.6) is 0 Å². The molecule has 1 fully saturated rings. The highest BCUT2D eigenvalue weighted by Gasteiger charge is 2.30. The van der Waals surface area contributed by atoms with Crippen molar-refractivity contribution in [3.05, 3.63) is 51.8 Å². The maximum atomic E-state index is 12.6. The van der Waals surface area contributed by atoms with E-state index in [1.165, 1.54) is 0 Å². The largest absolute Gasteiger partial charge is 0.388 e. The van der Waals surface area contributed by atoms with Crippen LogP contribution in [-0.2, 0) is 4.74 Å². The molecular weight excluding hydrogens is 384 g/mol. The zero-order valence-corrected chi connectivity index (χ0v) is 16.1. The number of nitrogens with one attached hydrogen (secondary N) is 1. The molecule has 1 aliphatic rings. The van der Waals surface area contributed by atoms with E-state index < -0.39 is 5.60 Å². The number of halogens is 1.